The van der Waals surface area contributed by atoms with E-state index in [4.69, 9.17) is 23.2 Å². The molecule has 1 saturated carbocycles. The van der Waals surface area contributed by atoms with Crippen LogP contribution in [0.15, 0.2) is 17.0 Å². The van der Waals surface area contributed by atoms with Gasteiger partial charge >= 0.3 is 0 Å². The van der Waals surface area contributed by atoms with Gasteiger partial charge < -0.3 is 10.6 Å². The van der Waals surface area contributed by atoms with Gasteiger partial charge in [-0.3, -0.25) is 9.59 Å². The van der Waals surface area contributed by atoms with Crippen molar-refractivity contribution in [3.63, 3.8) is 0 Å². The van der Waals surface area contributed by atoms with Gasteiger partial charge in [-0.1, -0.05) is 30.1 Å². The minimum absolute atomic E-state index is 0.00170. The number of rotatable bonds is 8. The zero-order valence-electron chi connectivity index (χ0n) is 13.6. The highest BCUT2D eigenvalue weighted by Gasteiger charge is 2.30. The second-order valence-electron chi connectivity index (χ2n) is 5.69. The number of halogens is 2. The molecule has 0 aromatic heterocycles. The molecule has 1 aliphatic rings. The van der Waals surface area contributed by atoms with Crippen molar-refractivity contribution in [2.24, 2.45) is 0 Å². The predicted molar refractivity (Wildman–Crippen MR) is 95.4 cm³/mol. The summed E-state index contributed by atoms with van der Waals surface area (Å²) in [6.45, 7) is 2.18. The first kappa shape index (κ1) is 20.0. The molecule has 138 valence electrons. The van der Waals surface area contributed by atoms with Crippen LogP contribution in [0.25, 0.3) is 0 Å². The van der Waals surface area contributed by atoms with Gasteiger partial charge in [0, 0.05) is 12.6 Å². The van der Waals surface area contributed by atoms with Gasteiger partial charge in [0.2, 0.25) is 15.9 Å². The van der Waals surface area contributed by atoms with E-state index in [1.807, 2.05) is 6.92 Å². The number of sulfonamides is 1. The highest BCUT2D eigenvalue weighted by atomic mass is 35.5. The molecule has 1 fully saturated rings. The molecular formula is C15H19Cl2N3O4S. The number of hydrogen-bond donors (Lipinski definition) is 3. The van der Waals surface area contributed by atoms with Crippen LogP contribution in [0.5, 0.6) is 0 Å². The lowest BCUT2D eigenvalue weighted by molar-refractivity contribution is -0.120. The molecule has 1 aromatic carbocycles. The fraction of sp³-hybridized carbons (Fsp3) is 0.467. The predicted octanol–water partition coefficient (Wildman–Crippen LogP) is 1.69. The van der Waals surface area contributed by atoms with Crippen LogP contribution in [0.3, 0.4) is 0 Å². The normalized spacial score (nSPS) is 14.2. The summed E-state index contributed by atoms with van der Waals surface area (Å²) in [6, 6.07) is 2.22. The van der Waals surface area contributed by atoms with Crippen LogP contribution in [0.2, 0.25) is 10.0 Å². The van der Waals surface area contributed by atoms with Crippen molar-refractivity contribution in [1.82, 2.24) is 15.4 Å². The third-order valence-electron chi connectivity index (χ3n) is 3.44. The first-order valence-corrected chi connectivity index (χ1v) is 10.0. The van der Waals surface area contributed by atoms with Crippen LogP contribution in [-0.2, 0) is 14.8 Å². The van der Waals surface area contributed by atoms with E-state index in [0.717, 1.165) is 25.3 Å². The molecule has 0 bridgehead atoms. The van der Waals surface area contributed by atoms with E-state index in [1.54, 1.807) is 0 Å². The molecule has 7 nitrogen and oxygen atoms in total. The lowest BCUT2D eigenvalue weighted by Gasteiger charge is -2.12. The molecule has 0 atom stereocenters. The Balaban J connectivity index is 2.15. The van der Waals surface area contributed by atoms with E-state index in [9.17, 15) is 18.0 Å². The van der Waals surface area contributed by atoms with Gasteiger partial charge in [0.1, 0.15) is 4.90 Å². The zero-order valence-corrected chi connectivity index (χ0v) is 15.9. The van der Waals surface area contributed by atoms with Gasteiger partial charge in [-0.2, -0.15) is 0 Å². The van der Waals surface area contributed by atoms with Crippen molar-refractivity contribution in [3.05, 3.63) is 27.7 Å². The quantitative estimate of drug-likeness (QED) is 0.609. The maximum atomic E-state index is 12.3. The van der Waals surface area contributed by atoms with Crippen LogP contribution in [0.1, 0.15) is 36.5 Å². The van der Waals surface area contributed by atoms with Crippen molar-refractivity contribution in [2.45, 2.75) is 37.1 Å². The summed E-state index contributed by atoms with van der Waals surface area (Å²) in [4.78, 5) is 23.6. The molecule has 0 radical (unpaired) electrons. The molecule has 10 heteroatoms. The highest BCUT2D eigenvalue weighted by molar-refractivity contribution is 7.89. The topological polar surface area (TPSA) is 104 Å². The third kappa shape index (κ3) is 5.57. The van der Waals surface area contributed by atoms with Gasteiger partial charge in [-0.15, -0.1) is 0 Å². The zero-order chi connectivity index (χ0) is 18.6. The van der Waals surface area contributed by atoms with Crippen molar-refractivity contribution in [3.8, 4) is 0 Å². The summed E-state index contributed by atoms with van der Waals surface area (Å²) in [6.07, 6.45) is 2.31. The molecular weight excluding hydrogens is 389 g/mol. The average Bonchev–Trinajstić information content (AvgIpc) is 3.33. The average molecular weight is 408 g/mol. The number of carbonyl (C=O) groups excluding carboxylic acids is 2. The van der Waals surface area contributed by atoms with Crippen LogP contribution in [0, 0.1) is 0 Å². The maximum Gasteiger partial charge on any atom is 0.253 e. The van der Waals surface area contributed by atoms with E-state index < -0.39 is 15.9 Å². The second-order valence-corrected chi connectivity index (χ2v) is 8.19. The number of nitrogens with one attached hydrogen (secondary N) is 3. The smallest absolute Gasteiger partial charge is 0.253 e. The highest BCUT2D eigenvalue weighted by Crippen LogP contribution is 2.30. The molecule has 1 aromatic rings. The standard InChI is InChI=1S/C15H19Cl2N3O4S/c1-2-5-18-14(21)8-19-15(22)10-6-13(12(17)7-11(10)16)25(23,24)20-9-3-4-9/h6-7,9,20H,2-5,8H2,1H3,(H,18,21)(H,19,22). The lowest BCUT2D eigenvalue weighted by atomic mass is 10.2. The molecule has 0 spiro atoms. The molecule has 0 heterocycles. The fourth-order valence-corrected chi connectivity index (χ4v) is 4.14. The number of carbonyl (C=O) groups is 2. The second kappa shape index (κ2) is 8.35. The van der Waals surface area contributed by atoms with Crippen molar-refractivity contribution >= 4 is 45.0 Å². The van der Waals surface area contributed by atoms with E-state index in [-0.39, 0.29) is 39.0 Å². The summed E-state index contributed by atoms with van der Waals surface area (Å²) >= 11 is 12.0. The number of hydrogen-bond acceptors (Lipinski definition) is 4. The van der Waals surface area contributed by atoms with Gasteiger partial charge in [0.15, 0.2) is 0 Å². The summed E-state index contributed by atoms with van der Waals surface area (Å²) in [5.41, 5.74) is -0.0643. The van der Waals surface area contributed by atoms with Crippen LogP contribution in [-0.4, -0.2) is 39.4 Å². The minimum atomic E-state index is -3.84. The number of amides is 2. The Morgan fingerprint density at radius 3 is 2.44 bits per heavy atom. The Kier molecular flexibility index (Phi) is 6.67. The lowest BCUT2D eigenvalue weighted by Crippen LogP contribution is -2.37. The van der Waals surface area contributed by atoms with Crippen molar-refractivity contribution in [2.75, 3.05) is 13.1 Å². The summed E-state index contributed by atoms with van der Waals surface area (Å²) in [5.74, 6) is -1.00. The number of benzene rings is 1. The summed E-state index contributed by atoms with van der Waals surface area (Å²) < 4.78 is 27.2. The monoisotopic (exact) mass is 407 g/mol. The molecule has 3 N–H and O–H groups in total. The summed E-state index contributed by atoms with van der Waals surface area (Å²) in [5, 5.41) is 4.95. The third-order valence-corrected chi connectivity index (χ3v) is 5.73. The summed E-state index contributed by atoms with van der Waals surface area (Å²) in [7, 11) is -3.84. The Labute approximate surface area is 156 Å². The van der Waals surface area contributed by atoms with Gasteiger partial charge in [-0.05, 0) is 31.4 Å². The molecule has 0 aliphatic heterocycles. The Bertz CT molecular complexity index is 779. The largest absolute Gasteiger partial charge is 0.355 e. The van der Waals surface area contributed by atoms with Gasteiger partial charge in [0.05, 0.1) is 22.2 Å². The van der Waals surface area contributed by atoms with Crippen LogP contribution >= 0.6 is 23.2 Å². The molecule has 25 heavy (non-hydrogen) atoms. The molecule has 1 aliphatic carbocycles. The van der Waals surface area contributed by atoms with E-state index in [1.165, 1.54) is 6.07 Å². The van der Waals surface area contributed by atoms with E-state index in [0.29, 0.717) is 6.54 Å². The first-order chi connectivity index (χ1) is 11.7. The Morgan fingerprint density at radius 2 is 1.84 bits per heavy atom. The van der Waals surface area contributed by atoms with E-state index >= 15 is 0 Å². The molecule has 0 unspecified atom stereocenters. The van der Waals surface area contributed by atoms with Crippen molar-refractivity contribution in [1.29, 1.82) is 0 Å². The van der Waals surface area contributed by atoms with Crippen LogP contribution in [0.4, 0.5) is 0 Å². The minimum Gasteiger partial charge on any atom is -0.355 e. The van der Waals surface area contributed by atoms with E-state index in [2.05, 4.69) is 15.4 Å². The first-order valence-electron chi connectivity index (χ1n) is 7.81. The molecule has 0 saturated heterocycles. The Morgan fingerprint density at radius 1 is 1.16 bits per heavy atom. The van der Waals surface area contributed by atoms with Crippen LogP contribution < -0.4 is 15.4 Å². The molecule has 2 rings (SSSR count). The Hall–Kier alpha value is -1.35. The SMILES string of the molecule is CCCNC(=O)CNC(=O)c1cc(S(=O)(=O)NC2CC2)c(Cl)cc1Cl. The van der Waals surface area contributed by atoms with Crippen molar-refractivity contribution < 1.29 is 18.0 Å². The fourth-order valence-electron chi connectivity index (χ4n) is 1.98. The maximum absolute atomic E-state index is 12.3. The molecule has 2 amide bonds. The van der Waals surface area contributed by atoms with Gasteiger partial charge in [0.25, 0.3) is 5.91 Å². The van der Waals surface area contributed by atoms with Gasteiger partial charge in [-0.25, -0.2) is 13.1 Å².